The Balaban J connectivity index is 2.03. The Morgan fingerprint density at radius 1 is 1.17 bits per heavy atom. The highest BCUT2D eigenvalue weighted by Crippen LogP contribution is 2.30. The Morgan fingerprint density at radius 2 is 1.87 bits per heavy atom. The Labute approximate surface area is 131 Å². The summed E-state index contributed by atoms with van der Waals surface area (Å²) < 4.78 is 42.6. The van der Waals surface area contributed by atoms with Gasteiger partial charge in [-0.25, -0.2) is 0 Å². The number of alkyl halides is 3. The average molecular weight is 324 g/mol. The number of hydrogen-bond donors (Lipinski definition) is 2. The fourth-order valence-corrected chi connectivity index (χ4v) is 1.80. The van der Waals surface area contributed by atoms with E-state index < -0.39 is 11.7 Å². The maximum atomic E-state index is 12.4. The summed E-state index contributed by atoms with van der Waals surface area (Å²) in [6, 6.07) is 9.26. The van der Waals surface area contributed by atoms with Crippen molar-refractivity contribution in [2.24, 2.45) is 5.10 Å². The number of nitrogens with one attached hydrogen (secondary N) is 1. The van der Waals surface area contributed by atoms with Crippen LogP contribution in [0.3, 0.4) is 0 Å². The molecule has 4 nitrogen and oxygen atoms in total. The molecule has 0 amide bonds. The van der Waals surface area contributed by atoms with E-state index in [2.05, 4.69) is 10.5 Å². The number of aromatic hydroxyl groups is 1. The van der Waals surface area contributed by atoms with Crippen molar-refractivity contribution in [1.82, 2.24) is 0 Å². The third-order valence-corrected chi connectivity index (χ3v) is 2.90. The van der Waals surface area contributed by atoms with Crippen LogP contribution in [-0.2, 0) is 6.18 Å². The van der Waals surface area contributed by atoms with E-state index in [9.17, 15) is 18.3 Å². The molecule has 0 fully saturated rings. The summed E-state index contributed by atoms with van der Waals surface area (Å²) in [4.78, 5) is 0. The van der Waals surface area contributed by atoms with Gasteiger partial charge in [0.2, 0.25) is 0 Å². The first-order chi connectivity index (χ1) is 10.9. The summed E-state index contributed by atoms with van der Waals surface area (Å²) in [5, 5.41) is 13.5. The van der Waals surface area contributed by atoms with Crippen LogP contribution in [0.1, 0.15) is 18.1 Å². The van der Waals surface area contributed by atoms with Gasteiger partial charge >= 0.3 is 6.18 Å². The monoisotopic (exact) mass is 324 g/mol. The molecule has 0 saturated heterocycles. The van der Waals surface area contributed by atoms with Gasteiger partial charge in [0.1, 0.15) is 0 Å². The van der Waals surface area contributed by atoms with Crippen molar-refractivity contribution in [3.05, 3.63) is 53.6 Å². The molecular formula is C16H15F3N2O2. The van der Waals surface area contributed by atoms with Crippen LogP contribution in [0.2, 0.25) is 0 Å². The quantitative estimate of drug-likeness (QED) is 0.638. The zero-order valence-corrected chi connectivity index (χ0v) is 12.3. The number of benzene rings is 2. The first-order valence-corrected chi connectivity index (χ1v) is 6.82. The molecule has 0 aromatic heterocycles. The molecule has 0 unspecified atom stereocenters. The molecule has 2 N–H and O–H groups in total. The van der Waals surface area contributed by atoms with Crippen LogP contribution in [0.4, 0.5) is 18.9 Å². The van der Waals surface area contributed by atoms with Crippen molar-refractivity contribution in [1.29, 1.82) is 0 Å². The number of anilines is 1. The number of nitrogens with zero attached hydrogens (tertiary/aromatic N) is 1. The third-order valence-electron chi connectivity index (χ3n) is 2.90. The zero-order chi connectivity index (χ0) is 16.9. The van der Waals surface area contributed by atoms with Crippen LogP contribution < -0.4 is 10.2 Å². The largest absolute Gasteiger partial charge is 0.504 e. The lowest BCUT2D eigenvalue weighted by Crippen LogP contribution is -2.04. The highest BCUT2D eigenvalue weighted by molar-refractivity contribution is 5.81. The second kappa shape index (κ2) is 7.04. The molecule has 0 aliphatic rings. The number of hydrazone groups is 1. The Bertz CT molecular complexity index is 683. The second-order valence-corrected chi connectivity index (χ2v) is 4.61. The molecule has 0 atom stereocenters. The predicted molar refractivity (Wildman–Crippen MR) is 81.9 cm³/mol. The van der Waals surface area contributed by atoms with Crippen LogP contribution in [0.15, 0.2) is 47.6 Å². The predicted octanol–water partition coefficient (Wildman–Crippen LogP) is 4.26. The minimum absolute atomic E-state index is 0.0275. The number of hydrogen-bond acceptors (Lipinski definition) is 4. The highest BCUT2D eigenvalue weighted by Gasteiger charge is 2.29. The maximum absolute atomic E-state index is 12.4. The van der Waals surface area contributed by atoms with Crippen LogP contribution in [0.25, 0.3) is 0 Å². The van der Waals surface area contributed by atoms with Crippen molar-refractivity contribution >= 4 is 11.9 Å². The molecule has 2 aromatic carbocycles. The van der Waals surface area contributed by atoms with Gasteiger partial charge in [-0.15, -0.1) is 0 Å². The number of phenolic OH excluding ortho intramolecular Hbond substituents is 1. The van der Waals surface area contributed by atoms with Crippen molar-refractivity contribution in [3.8, 4) is 11.5 Å². The Kier molecular flexibility index (Phi) is 5.10. The molecule has 23 heavy (non-hydrogen) atoms. The van der Waals surface area contributed by atoms with Gasteiger partial charge in [0.25, 0.3) is 0 Å². The van der Waals surface area contributed by atoms with Crippen molar-refractivity contribution in [2.45, 2.75) is 13.1 Å². The summed E-state index contributed by atoms with van der Waals surface area (Å²) in [6.07, 6.45) is -2.89. The van der Waals surface area contributed by atoms with Crippen LogP contribution in [0, 0.1) is 0 Å². The molecule has 122 valence electrons. The van der Waals surface area contributed by atoms with Crippen LogP contribution in [0.5, 0.6) is 11.5 Å². The first-order valence-electron chi connectivity index (χ1n) is 6.82. The summed E-state index contributed by atoms with van der Waals surface area (Å²) in [5.41, 5.74) is 3.02. The van der Waals surface area contributed by atoms with Gasteiger partial charge in [-0.3, -0.25) is 5.43 Å². The SMILES string of the molecule is CCOc1cc(C=NNc2ccc(C(F)(F)F)cc2)ccc1O. The molecule has 0 heterocycles. The van der Waals surface area contributed by atoms with Gasteiger partial charge in [0.15, 0.2) is 11.5 Å². The molecule has 2 rings (SSSR count). The van der Waals surface area contributed by atoms with E-state index in [-0.39, 0.29) is 5.75 Å². The van der Waals surface area contributed by atoms with Gasteiger partial charge < -0.3 is 9.84 Å². The Hall–Kier alpha value is -2.70. The van der Waals surface area contributed by atoms with E-state index in [4.69, 9.17) is 4.74 Å². The molecule has 2 aromatic rings. The van der Waals surface area contributed by atoms with Gasteiger partial charge in [-0.05, 0) is 55.0 Å². The molecule has 7 heteroatoms. The third kappa shape index (κ3) is 4.64. The Morgan fingerprint density at radius 3 is 2.48 bits per heavy atom. The fourth-order valence-electron chi connectivity index (χ4n) is 1.80. The smallest absolute Gasteiger partial charge is 0.416 e. The highest BCUT2D eigenvalue weighted by atomic mass is 19.4. The van der Waals surface area contributed by atoms with Crippen LogP contribution >= 0.6 is 0 Å². The van der Waals surface area contributed by atoms with Gasteiger partial charge in [-0.1, -0.05) is 0 Å². The van der Waals surface area contributed by atoms with E-state index in [0.717, 1.165) is 12.1 Å². The summed E-state index contributed by atoms with van der Waals surface area (Å²) in [7, 11) is 0. The molecule has 0 aliphatic heterocycles. The summed E-state index contributed by atoms with van der Waals surface area (Å²) in [5.74, 6) is 0.366. The van der Waals surface area contributed by atoms with Gasteiger partial charge in [0.05, 0.1) is 24.1 Å². The summed E-state index contributed by atoms with van der Waals surface area (Å²) >= 11 is 0. The minimum Gasteiger partial charge on any atom is -0.504 e. The zero-order valence-electron chi connectivity index (χ0n) is 12.3. The van der Waals surface area contributed by atoms with E-state index in [1.54, 1.807) is 19.1 Å². The fraction of sp³-hybridized carbons (Fsp3) is 0.188. The lowest BCUT2D eigenvalue weighted by Gasteiger charge is -2.07. The maximum Gasteiger partial charge on any atom is 0.416 e. The topological polar surface area (TPSA) is 53.8 Å². The summed E-state index contributed by atoms with van der Waals surface area (Å²) in [6.45, 7) is 2.21. The van der Waals surface area contributed by atoms with Gasteiger partial charge in [-0.2, -0.15) is 18.3 Å². The van der Waals surface area contributed by atoms with Gasteiger partial charge in [0, 0.05) is 0 Å². The second-order valence-electron chi connectivity index (χ2n) is 4.61. The van der Waals surface area contributed by atoms with Crippen molar-refractivity contribution in [2.75, 3.05) is 12.0 Å². The van der Waals surface area contributed by atoms with Crippen molar-refractivity contribution < 1.29 is 23.0 Å². The molecular weight excluding hydrogens is 309 g/mol. The molecule has 0 bridgehead atoms. The number of halogens is 3. The van der Waals surface area contributed by atoms with E-state index in [1.165, 1.54) is 24.4 Å². The number of ether oxygens (including phenoxy) is 1. The minimum atomic E-state index is -4.36. The van der Waals surface area contributed by atoms with Crippen molar-refractivity contribution in [3.63, 3.8) is 0 Å². The average Bonchev–Trinajstić information content (AvgIpc) is 2.50. The van der Waals surface area contributed by atoms with E-state index >= 15 is 0 Å². The number of phenols is 1. The first kappa shape index (κ1) is 16.7. The molecule has 0 spiro atoms. The van der Waals surface area contributed by atoms with Crippen LogP contribution in [-0.4, -0.2) is 17.9 Å². The number of rotatable bonds is 5. The molecule has 0 aliphatic carbocycles. The van der Waals surface area contributed by atoms with E-state index in [1.807, 2.05) is 0 Å². The standard InChI is InChI=1S/C16H15F3N2O2/c1-2-23-15-9-11(3-8-14(15)22)10-20-21-13-6-4-12(5-7-13)16(17,18)19/h3-10,21-22H,2H2,1H3. The molecule has 0 radical (unpaired) electrons. The molecule has 0 saturated carbocycles. The lowest BCUT2D eigenvalue weighted by atomic mass is 10.2. The van der Waals surface area contributed by atoms with E-state index in [0.29, 0.717) is 23.6 Å². The normalized spacial score (nSPS) is 11.7. The lowest BCUT2D eigenvalue weighted by molar-refractivity contribution is -0.137.